The van der Waals surface area contributed by atoms with Crippen LogP contribution in [-0.4, -0.2) is 20.4 Å². The number of imidazole rings is 1. The van der Waals surface area contributed by atoms with E-state index >= 15 is 0 Å². The molecule has 0 spiro atoms. The number of aromatic nitrogens is 3. The Morgan fingerprint density at radius 2 is 2.20 bits per heavy atom. The number of nitrogens with zero attached hydrogens (tertiary/aromatic N) is 1. The molecule has 1 fully saturated rings. The molecule has 1 amide bonds. The van der Waals surface area contributed by atoms with Crippen LogP contribution in [0.25, 0.3) is 0 Å². The second-order valence-corrected chi connectivity index (χ2v) is 5.31. The van der Waals surface area contributed by atoms with Crippen molar-refractivity contribution in [1.82, 2.24) is 14.5 Å². The zero-order valence-corrected chi connectivity index (χ0v) is 11.7. The molecule has 0 bridgehead atoms. The van der Waals surface area contributed by atoms with Crippen molar-refractivity contribution in [2.75, 3.05) is 5.32 Å². The minimum atomic E-state index is -0.335. The van der Waals surface area contributed by atoms with Crippen molar-refractivity contribution < 1.29 is 4.79 Å². The van der Waals surface area contributed by atoms with E-state index in [1.807, 2.05) is 4.57 Å². The molecule has 0 unspecified atom stereocenters. The number of hydrogen-bond donors (Lipinski definition) is 3. The molecule has 0 radical (unpaired) electrons. The summed E-state index contributed by atoms with van der Waals surface area (Å²) in [6.45, 7) is 1.78. The third-order valence-corrected chi connectivity index (χ3v) is 3.57. The summed E-state index contributed by atoms with van der Waals surface area (Å²) in [6, 6.07) is 3.63. The normalized spacial score (nSPS) is 14.2. The zero-order valence-electron chi connectivity index (χ0n) is 10.9. The van der Waals surface area contributed by atoms with E-state index in [1.54, 1.807) is 25.3 Å². The fourth-order valence-electron chi connectivity index (χ4n) is 2.11. The molecule has 2 aromatic heterocycles. The number of aromatic amines is 2. The number of amides is 1. The van der Waals surface area contributed by atoms with Crippen LogP contribution in [0.4, 0.5) is 5.69 Å². The lowest BCUT2D eigenvalue weighted by Crippen LogP contribution is -2.22. The van der Waals surface area contributed by atoms with Crippen molar-refractivity contribution in [2.24, 2.45) is 0 Å². The second-order valence-electron chi connectivity index (χ2n) is 4.92. The maximum Gasteiger partial charge on any atom is 0.274 e. The third kappa shape index (κ3) is 2.32. The molecule has 0 aromatic carbocycles. The number of aryl methyl sites for hydroxylation is 1. The molecule has 104 valence electrons. The third-order valence-electron chi connectivity index (χ3n) is 3.26. The van der Waals surface area contributed by atoms with Gasteiger partial charge in [-0.1, -0.05) is 0 Å². The average Bonchev–Trinajstić information content (AvgIpc) is 3.16. The van der Waals surface area contributed by atoms with Crippen LogP contribution in [0.2, 0.25) is 0 Å². The Balaban J connectivity index is 1.90. The molecule has 20 heavy (non-hydrogen) atoms. The Labute approximate surface area is 119 Å². The van der Waals surface area contributed by atoms with E-state index in [0.717, 1.165) is 18.5 Å². The van der Waals surface area contributed by atoms with Gasteiger partial charge in [-0.25, -0.2) is 0 Å². The van der Waals surface area contributed by atoms with Gasteiger partial charge in [0.05, 0.1) is 0 Å². The number of H-pyrrole nitrogens is 2. The average molecular weight is 290 g/mol. The van der Waals surface area contributed by atoms with Gasteiger partial charge < -0.3 is 19.9 Å². The number of nitrogens with one attached hydrogen (secondary N) is 3. The van der Waals surface area contributed by atoms with Gasteiger partial charge in [0.2, 0.25) is 0 Å². The van der Waals surface area contributed by atoms with E-state index in [9.17, 15) is 9.59 Å². The number of rotatable bonds is 3. The van der Waals surface area contributed by atoms with Crippen LogP contribution in [0.5, 0.6) is 0 Å². The maximum atomic E-state index is 12.3. The molecule has 1 aliphatic carbocycles. The van der Waals surface area contributed by atoms with Gasteiger partial charge in [-0.15, -0.1) is 0 Å². The first-order valence-corrected chi connectivity index (χ1v) is 6.78. The van der Waals surface area contributed by atoms with Crippen molar-refractivity contribution in [1.29, 1.82) is 0 Å². The Kier molecular flexibility index (Phi) is 3.06. The predicted octanol–water partition coefficient (Wildman–Crippen LogP) is 2.13. The van der Waals surface area contributed by atoms with E-state index in [1.165, 1.54) is 0 Å². The molecule has 1 saturated carbocycles. The minimum Gasteiger partial charge on any atom is -0.337 e. The molecule has 0 atom stereocenters. The van der Waals surface area contributed by atoms with E-state index in [-0.39, 0.29) is 17.2 Å². The summed E-state index contributed by atoms with van der Waals surface area (Å²) >= 11 is 5.18. The topological polar surface area (TPSA) is 82.7 Å². The van der Waals surface area contributed by atoms with Gasteiger partial charge in [-0.2, -0.15) is 0 Å². The highest BCUT2D eigenvalue weighted by Crippen LogP contribution is 2.36. The van der Waals surface area contributed by atoms with Crippen molar-refractivity contribution in [2.45, 2.75) is 25.8 Å². The summed E-state index contributed by atoms with van der Waals surface area (Å²) < 4.78 is 2.35. The second kappa shape index (κ2) is 4.75. The maximum absolute atomic E-state index is 12.3. The van der Waals surface area contributed by atoms with Crippen molar-refractivity contribution in [3.63, 3.8) is 0 Å². The molecule has 3 rings (SSSR count). The van der Waals surface area contributed by atoms with Crippen LogP contribution in [0.1, 0.15) is 35.1 Å². The summed E-state index contributed by atoms with van der Waals surface area (Å²) in [4.78, 5) is 29.5. The van der Waals surface area contributed by atoms with Gasteiger partial charge in [-0.05, 0) is 44.1 Å². The van der Waals surface area contributed by atoms with Crippen LogP contribution >= 0.6 is 12.2 Å². The summed E-state index contributed by atoms with van der Waals surface area (Å²) in [5, 5.41) is 2.62. The van der Waals surface area contributed by atoms with Gasteiger partial charge in [0, 0.05) is 17.9 Å². The van der Waals surface area contributed by atoms with Crippen molar-refractivity contribution in [3.05, 3.63) is 44.8 Å². The Morgan fingerprint density at radius 3 is 2.85 bits per heavy atom. The number of anilines is 1. The SMILES string of the molecule is Cc1ccc(NC(=O)c2c[nH]c(=S)n2C2CC2)c(=O)[nH]1. The smallest absolute Gasteiger partial charge is 0.274 e. The lowest BCUT2D eigenvalue weighted by atomic mass is 10.3. The lowest BCUT2D eigenvalue weighted by molar-refractivity contribution is 0.101. The Hall–Kier alpha value is -2.15. The summed E-state index contributed by atoms with van der Waals surface area (Å²) in [5.74, 6) is -0.335. The molecule has 2 heterocycles. The first-order chi connectivity index (χ1) is 9.56. The molecule has 3 N–H and O–H groups in total. The first kappa shape index (κ1) is 12.9. The highest BCUT2D eigenvalue weighted by atomic mass is 32.1. The molecular formula is C13H14N4O2S. The number of carbonyl (C=O) groups is 1. The van der Waals surface area contributed by atoms with Crippen LogP contribution in [0, 0.1) is 11.7 Å². The fraction of sp³-hybridized carbons (Fsp3) is 0.308. The summed E-state index contributed by atoms with van der Waals surface area (Å²) in [5.41, 5.74) is 1.12. The summed E-state index contributed by atoms with van der Waals surface area (Å²) in [7, 11) is 0. The van der Waals surface area contributed by atoms with E-state index < -0.39 is 0 Å². The number of hydrogen-bond acceptors (Lipinski definition) is 3. The van der Waals surface area contributed by atoms with Crippen LogP contribution in [-0.2, 0) is 0 Å². The fourth-order valence-corrected chi connectivity index (χ4v) is 2.41. The predicted molar refractivity (Wildman–Crippen MR) is 77.6 cm³/mol. The van der Waals surface area contributed by atoms with Crippen LogP contribution < -0.4 is 10.9 Å². The van der Waals surface area contributed by atoms with Gasteiger partial charge in [0.15, 0.2) is 4.77 Å². The van der Waals surface area contributed by atoms with Crippen molar-refractivity contribution >= 4 is 23.8 Å². The van der Waals surface area contributed by atoms with Gasteiger partial charge in [0.25, 0.3) is 11.5 Å². The van der Waals surface area contributed by atoms with E-state index in [0.29, 0.717) is 16.5 Å². The minimum absolute atomic E-state index is 0.232. The monoisotopic (exact) mass is 290 g/mol. The quantitative estimate of drug-likeness (QED) is 0.757. The van der Waals surface area contributed by atoms with E-state index in [4.69, 9.17) is 12.2 Å². The molecular weight excluding hydrogens is 276 g/mol. The van der Waals surface area contributed by atoms with Gasteiger partial charge in [-0.3, -0.25) is 9.59 Å². The van der Waals surface area contributed by atoms with Gasteiger partial charge >= 0.3 is 0 Å². The standard InChI is InChI=1S/C13H14N4O2S/c1-7-2-5-9(11(18)15-7)16-12(19)10-6-14-13(20)17(10)8-3-4-8/h2,5-6,8H,3-4H2,1H3,(H,14,20)(H,15,18)(H,16,19). The van der Waals surface area contributed by atoms with Crippen LogP contribution in [0.3, 0.4) is 0 Å². The van der Waals surface area contributed by atoms with Gasteiger partial charge in [0.1, 0.15) is 11.4 Å². The number of carbonyl (C=O) groups excluding carboxylic acids is 1. The molecule has 6 nitrogen and oxygen atoms in total. The highest BCUT2D eigenvalue weighted by Gasteiger charge is 2.28. The molecule has 1 aliphatic rings. The largest absolute Gasteiger partial charge is 0.337 e. The summed E-state index contributed by atoms with van der Waals surface area (Å²) in [6.07, 6.45) is 3.63. The number of pyridine rings is 1. The van der Waals surface area contributed by atoms with E-state index in [2.05, 4.69) is 15.3 Å². The Bertz CT molecular complexity index is 782. The molecule has 7 heteroatoms. The molecule has 2 aromatic rings. The molecule has 0 aliphatic heterocycles. The zero-order chi connectivity index (χ0) is 14.3. The van der Waals surface area contributed by atoms with Crippen LogP contribution in [0.15, 0.2) is 23.1 Å². The molecule has 0 saturated heterocycles. The Morgan fingerprint density at radius 1 is 1.45 bits per heavy atom. The lowest BCUT2D eigenvalue weighted by Gasteiger charge is -2.07. The highest BCUT2D eigenvalue weighted by molar-refractivity contribution is 7.71. The van der Waals surface area contributed by atoms with Crippen molar-refractivity contribution in [3.8, 4) is 0 Å². The first-order valence-electron chi connectivity index (χ1n) is 6.37.